The quantitative estimate of drug-likeness (QED) is 0.793. The largest absolute Gasteiger partial charge is 0.343 e. The van der Waals surface area contributed by atoms with Gasteiger partial charge in [0.05, 0.1) is 13.6 Å². The van der Waals surface area contributed by atoms with Crippen LogP contribution in [0.15, 0.2) is 0 Å². The summed E-state index contributed by atoms with van der Waals surface area (Å²) in [5.74, 6) is 0.284. The molecule has 1 aromatic rings. The van der Waals surface area contributed by atoms with Crippen LogP contribution in [0.4, 0.5) is 0 Å². The SMILES string of the molecule is CCCC1C(=O)NC(CC)C(=O)N1Cc1nnn(C)n1. The first-order valence-electron chi connectivity index (χ1n) is 6.90. The molecule has 1 aromatic heterocycles. The Labute approximate surface area is 117 Å². The third kappa shape index (κ3) is 2.78. The number of nitrogens with zero attached hydrogens (tertiary/aromatic N) is 5. The van der Waals surface area contributed by atoms with E-state index in [1.165, 1.54) is 4.80 Å². The molecule has 2 amide bonds. The maximum absolute atomic E-state index is 12.4. The number of aromatic nitrogens is 4. The molecule has 8 nitrogen and oxygen atoms in total. The van der Waals surface area contributed by atoms with Crippen LogP contribution < -0.4 is 5.32 Å². The second-order valence-corrected chi connectivity index (χ2v) is 4.94. The zero-order valence-electron chi connectivity index (χ0n) is 12.0. The van der Waals surface area contributed by atoms with Crippen LogP contribution in [0.1, 0.15) is 38.9 Å². The lowest BCUT2D eigenvalue weighted by Gasteiger charge is -2.38. The summed E-state index contributed by atoms with van der Waals surface area (Å²) in [5, 5.41) is 14.5. The van der Waals surface area contributed by atoms with Crippen LogP contribution in [0.3, 0.4) is 0 Å². The molecule has 1 aliphatic heterocycles. The minimum absolute atomic E-state index is 0.0713. The molecule has 20 heavy (non-hydrogen) atoms. The second-order valence-electron chi connectivity index (χ2n) is 4.94. The van der Waals surface area contributed by atoms with Crippen LogP contribution in [0.25, 0.3) is 0 Å². The molecule has 110 valence electrons. The number of nitrogens with one attached hydrogen (secondary N) is 1. The van der Waals surface area contributed by atoms with Crippen molar-refractivity contribution < 1.29 is 9.59 Å². The predicted octanol–water partition coefficient (Wildman–Crippen LogP) is -0.384. The van der Waals surface area contributed by atoms with Gasteiger partial charge in [0.1, 0.15) is 12.1 Å². The van der Waals surface area contributed by atoms with Gasteiger partial charge in [-0.3, -0.25) is 9.59 Å². The Kier molecular flexibility index (Phi) is 4.31. The fourth-order valence-corrected chi connectivity index (χ4v) is 2.39. The summed E-state index contributed by atoms with van der Waals surface area (Å²) < 4.78 is 0. The zero-order chi connectivity index (χ0) is 14.7. The van der Waals surface area contributed by atoms with Gasteiger partial charge < -0.3 is 10.2 Å². The van der Waals surface area contributed by atoms with Crippen molar-refractivity contribution in [2.75, 3.05) is 0 Å². The third-order valence-corrected chi connectivity index (χ3v) is 3.41. The molecule has 8 heteroatoms. The Morgan fingerprint density at radius 2 is 2.05 bits per heavy atom. The van der Waals surface area contributed by atoms with Gasteiger partial charge in [0.25, 0.3) is 0 Å². The molecular formula is C12H20N6O2. The first-order chi connectivity index (χ1) is 9.56. The van der Waals surface area contributed by atoms with Gasteiger partial charge in [-0.1, -0.05) is 20.3 Å². The first kappa shape index (κ1) is 14.4. The fraction of sp³-hybridized carbons (Fsp3) is 0.750. The van der Waals surface area contributed by atoms with Gasteiger partial charge in [-0.15, -0.1) is 10.2 Å². The van der Waals surface area contributed by atoms with Crippen molar-refractivity contribution in [3.05, 3.63) is 5.82 Å². The number of hydrogen-bond donors (Lipinski definition) is 1. The highest BCUT2D eigenvalue weighted by Crippen LogP contribution is 2.18. The Bertz CT molecular complexity index is 500. The van der Waals surface area contributed by atoms with Gasteiger partial charge in [0, 0.05) is 0 Å². The first-order valence-corrected chi connectivity index (χ1v) is 6.90. The van der Waals surface area contributed by atoms with E-state index in [-0.39, 0.29) is 18.4 Å². The van der Waals surface area contributed by atoms with E-state index in [1.807, 2.05) is 13.8 Å². The average molecular weight is 280 g/mol. The number of carbonyl (C=O) groups excluding carboxylic acids is 2. The lowest BCUT2D eigenvalue weighted by molar-refractivity contribution is -0.150. The van der Waals surface area contributed by atoms with E-state index in [2.05, 4.69) is 20.7 Å². The van der Waals surface area contributed by atoms with Crippen LogP contribution >= 0.6 is 0 Å². The van der Waals surface area contributed by atoms with E-state index in [4.69, 9.17) is 0 Å². The highest BCUT2D eigenvalue weighted by atomic mass is 16.2. The molecule has 1 saturated heterocycles. The standard InChI is InChI=1S/C12H20N6O2/c1-4-6-9-11(19)13-8(5-2)12(20)18(9)7-10-14-16-17(3)15-10/h8-9H,4-7H2,1-3H3,(H,13,19). The van der Waals surface area contributed by atoms with Crippen molar-refractivity contribution in [1.29, 1.82) is 0 Å². The van der Waals surface area contributed by atoms with E-state index in [1.54, 1.807) is 11.9 Å². The molecule has 0 aliphatic carbocycles. The molecule has 2 unspecified atom stereocenters. The van der Waals surface area contributed by atoms with E-state index in [0.717, 1.165) is 6.42 Å². The van der Waals surface area contributed by atoms with Crippen LogP contribution in [0, 0.1) is 0 Å². The van der Waals surface area contributed by atoms with Crippen molar-refractivity contribution >= 4 is 11.8 Å². The Morgan fingerprint density at radius 1 is 1.30 bits per heavy atom. The number of tetrazole rings is 1. The highest BCUT2D eigenvalue weighted by molar-refractivity contribution is 5.96. The monoisotopic (exact) mass is 280 g/mol. The summed E-state index contributed by atoms with van der Waals surface area (Å²) in [4.78, 5) is 27.5. The third-order valence-electron chi connectivity index (χ3n) is 3.41. The minimum Gasteiger partial charge on any atom is -0.343 e. The van der Waals surface area contributed by atoms with Crippen molar-refractivity contribution in [3.63, 3.8) is 0 Å². The van der Waals surface area contributed by atoms with Crippen molar-refractivity contribution in [3.8, 4) is 0 Å². The van der Waals surface area contributed by atoms with Crippen molar-refractivity contribution in [2.45, 2.75) is 51.7 Å². The number of rotatable bonds is 5. The molecule has 0 bridgehead atoms. The molecule has 0 saturated carbocycles. The van der Waals surface area contributed by atoms with Crippen molar-refractivity contribution in [1.82, 2.24) is 30.4 Å². The molecule has 1 aliphatic rings. The van der Waals surface area contributed by atoms with Gasteiger partial charge in [-0.05, 0) is 18.1 Å². The molecule has 0 spiro atoms. The molecule has 1 N–H and O–H groups in total. The highest BCUT2D eigenvalue weighted by Gasteiger charge is 2.39. The summed E-state index contributed by atoms with van der Waals surface area (Å²) in [7, 11) is 1.67. The molecule has 2 heterocycles. The van der Waals surface area contributed by atoms with Crippen LogP contribution in [0.5, 0.6) is 0 Å². The Hall–Kier alpha value is -1.99. The molecular weight excluding hydrogens is 260 g/mol. The maximum atomic E-state index is 12.4. The molecule has 0 aromatic carbocycles. The molecule has 2 rings (SSSR count). The van der Waals surface area contributed by atoms with Crippen molar-refractivity contribution in [2.24, 2.45) is 7.05 Å². The Balaban J connectivity index is 2.22. The molecule has 0 radical (unpaired) electrons. The number of hydrogen-bond acceptors (Lipinski definition) is 5. The molecule has 2 atom stereocenters. The number of carbonyl (C=O) groups is 2. The second kappa shape index (κ2) is 5.98. The average Bonchev–Trinajstić information content (AvgIpc) is 2.83. The summed E-state index contributed by atoms with van der Waals surface area (Å²) in [5.41, 5.74) is 0. The lowest BCUT2D eigenvalue weighted by atomic mass is 10.0. The summed E-state index contributed by atoms with van der Waals surface area (Å²) in [6.45, 7) is 4.09. The van der Waals surface area contributed by atoms with E-state index in [9.17, 15) is 9.59 Å². The normalized spacial score (nSPS) is 23.1. The smallest absolute Gasteiger partial charge is 0.246 e. The van der Waals surface area contributed by atoms with Gasteiger partial charge in [-0.25, -0.2) is 0 Å². The van der Waals surface area contributed by atoms with Gasteiger partial charge in [0.2, 0.25) is 11.8 Å². The zero-order valence-corrected chi connectivity index (χ0v) is 12.0. The van der Waals surface area contributed by atoms with Gasteiger partial charge in [-0.2, -0.15) is 4.80 Å². The van der Waals surface area contributed by atoms with Crippen LogP contribution in [-0.2, 0) is 23.2 Å². The summed E-state index contributed by atoms with van der Waals surface area (Å²) in [6.07, 6.45) is 2.04. The summed E-state index contributed by atoms with van der Waals surface area (Å²) >= 11 is 0. The van der Waals surface area contributed by atoms with Gasteiger partial charge >= 0.3 is 0 Å². The maximum Gasteiger partial charge on any atom is 0.246 e. The topological polar surface area (TPSA) is 93.0 Å². The van der Waals surface area contributed by atoms with Crippen LogP contribution in [0.2, 0.25) is 0 Å². The van der Waals surface area contributed by atoms with E-state index >= 15 is 0 Å². The number of piperazine rings is 1. The lowest BCUT2D eigenvalue weighted by Crippen LogP contribution is -2.62. The number of amides is 2. The van der Waals surface area contributed by atoms with Crippen LogP contribution in [-0.4, -0.2) is 49.0 Å². The summed E-state index contributed by atoms with van der Waals surface area (Å²) in [6, 6.07) is -0.897. The molecule has 1 fully saturated rings. The fourth-order valence-electron chi connectivity index (χ4n) is 2.39. The Morgan fingerprint density at radius 3 is 2.60 bits per heavy atom. The van der Waals surface area contributed by atoms with E-state index in [0.29, 0.717) is 18.7 Å². The predicted molar refractivity (Wildman–Crippen MR) is 70.3 cm³/mol. The minimum atomic E-state index is -0.452. The number of aryl methyl sites for hydroxylation is 1. The van der Waals surface area contributed by atoms with Gasteiger partial charge in [0.15, 0.2) is 5.82 Å². The van der Waals surface area contributed by atoms with E-state index < -0.39 is 12.1 Å².